The van der Waals surface area contributed by atoms with Crippen LogP contribution in [-0.4, -0.2) is 21.1 Å². The summed E-state index contributed by atoms with van der Waals surface area (Å²) < 4.78 is 18.8. The molecule has 0 saturated carbocycles. The smallest absolute Gasteiger partial charge is 0.290 e. The van der Waals surface area contributed by atoms with Crippen molar-refractivity contribution < 1.29 is 18.4 Å². The molecule has 1 N–H and O–H groups in total. The SMILES string of the molecule is O=C1NC(=O)/C(=C/c2cc3cncc(-c4ccc(F)nc4)c3o2)S1. The van der Waals surface area contributed by atoms with Crippen LogP contribution < -0.4 is 5.32 Å². The molecule has 1 saturated heterocycles. The lowest BCUT2D eigenvalue weighted by Crippen LogP contribution is -2.17. The van der Waals surface area contributed by atoms with E-state index in [9.17, 15) is 14.0 Å². The number of carbonyl (C=O) groups excluding carboxylic acids is 2. The van der Waals surface area contributed by atoms with Crippen LogP contribution in [0.3, 0.4) is 0 Å². The third kappa shape index (κ3) is 2.56. The molecule has 24 heavy (non-hydrogen) atoms. The van der Waals surface area contributed by atoms with Gasteiger partial charge in [0.2, 0.25) is 5.95 Å². The average molecular weight is 341 g/mol. The molecule has 0 bridgehead atoms. The number of thioether (sulfide) groups is 1. The number of nitrogens with zero attached hydrogens (tertiary/aromatic N) is 2. The Morgan fingerprint density at radius 3 is 2.79 bits per heavy atom. The second-order valence-electron chi connectivity index (χ2n) is 4.98. The Labute approximate surface area is 138 Å². The van der Waals surface area contributed by atoms with Crippen molar-refractivity contribution in [3.63, 3.8) is 0 Å². The largest absolute Gasteiger partial charge is 0.456 e. The Bertz CT molecular complexity index is 1010. The van der Waals surface area contributed by atoms with Crippen molar-refractivity contribution in [2.45, 2.75) is 0 Å². The lowest BCUT2D eigenvalue weighted by molar-refractivity contribution is -0.115. The maximum atomic E-state index is 13.0. The third-order valence-corrected chi connectivity index (χ3v) is 4.21. The Morgan fingerprint density at radius 1 is 1.21 bits per heavy atom. The van der Waals surface area contributed by atoms with Crippen molar-refractivity contribution in [2.75, 3.05) is 0 Å². The number of hydrogen-bond donors (Lipinski definition) is 1. The van der Waals surface area contributed by atoms with Crippen LogP contribution in [-0.2, 0) is 4.79 Å². The predicted octanol–water partition coefficient (Wildman–Crippen LogP) is 3.35. The molecule has 4 heterocycles. The molecule has 0 atom stereocenters. The quantitative estimate of drug-likeness (QED) is 0.568. The average Bonchev–Trinajstić information content (AvgIpc) is 3.10. The molecule has 0 unspecified atom stereocenters. The van der Waals surface area contributed by atoms with Gasteiger partial charge < -0.3 is 4.42 Å². The summed E-state index contributed by atoms with van der Waals surface area (Å²) in [5, 5.41) is 2.49. The fourth-order valence-corrected chi connectivity index (χ4v) is 3.01. The van der Waals surface area contributed by atoms with E-state index < -0.39 is 17.1 Å². The summed E-state index contributed by atoms with van der Waals surface area (Å²) in [6.07, 6.45) is 6.11. The highest BCUT2D eigenvalue weighted by Crippen LogP contribution is 2.32. The van der Waals surface area contributed by atoms with E-state index in [2.05, 4.69) is 15.3 Å². The second-order valence-corrected chi connectivity index (χ2v) is 5.99. The Kier molecular flexibility index (Phi) is 3.39. The first-order chi connectivity index (χ1) is 11.6. The number of amides is 2. The van der Waals surface area contributed by atoms with Crippen LogP contribution in [0.1, 0.15) is 5.76 Å². The fraction of sp³-hybridized carbons (Fsp3) is 0. The summed E-state index contributed by atoms with van der Waals surface area (Å²) in [4.78, 5) is 30.8. The van der Waals surface area contributed by atoms with Crippen molar-refractivity contribution in [1.82, 2.24) is 15.3 Å². The van der Waals surface area contributed by atoms with E-state index in [1.165, 1.54) is 18.3 Å². The monoisotopic (exact) mass is 341 g/mol. The molecule has 3 aromatic heterocycles. The molecular formula is C16H8FN3O3S. The molecule has 3 aromatic rings. The molecular weight excluding hydrogens is 333 g/mol. The van der Waals surface area contributed by atoms with E-state index in [1.54, 1.807) is 24.5 Å². The first kappa shape index (κ1) is 14.6. The predicted molar refractivity (Wildman–Crippen MR) is 86.3 cm³/mol. The normalized spacial score (nSPS) is 16.1. The summed E-state index contributed by atoms with van der Waals surface area (Å²) in [5.41, 5.74) is 1.86. The van der Waals surface area contributed by atoms with Gasteiger partial charge in [0.1, 0.15) is 11.3 Å². The van der Waals surface area contributed by atoms with Gasteiger partial charge in [0.25, 0.3) is 11.1 Å². The molecule has 118 valence electrons. The summed E-state index contributed by atoms with van der Waals surface area (Å²) >= 11 is 0.815. The number of rotatable bonds is 2. The number of imide groups is 1. The van der Waals surface area contributed by atoms with Gasteiger partial charge in [-0.2, -0.15) is 4.39 Å². The number of pyridine rings is 2. The minimum Gasteiger partial charge on any atom is -0.456 e. The van der Waals surface area contributed by atoms with Crippen molar-refractivity contribution in [1.29, 1.82) is 0 Å². The number of carbonyl (C=O) groups is 2. The van der Waals surface area contributed by atoms with Gasteiger partial charge in [-0.1, -0.05) is 0 Å². The van der Waals surface area contributed by atoms with Crippen molar-refractivity contribution in [3.8, 4) is 11.1 Å². The van der Waals surface area contributed by atoms with Crippen LogP contribution in [0.2, 0.25) is 0 Å². The molecule has 0 aromatic carbocycles. The maximum absolute atomic E-state index is 13.0. The van der Waals surface area contributed by atoms with E-state index in [0.717, 1.165) is 17.1 Å². The minimum atomic E-state index is -0.572. The highest BCUT2D eigenvalue weighted by Gasteiger charge is 2.25. The van der Waals surface area contributed by atoms with Gasteiger partial charge in [0, 0.05) is 41.2 Å². The van der Waals surface area contributed by atoms with E-state index in [4.69, 9.17) is 4.42 Å². The van der Waals surface area contributed by atoms with Gasteiger partial charge in [0.05, 0.1) is 4.91 Å². The van der Waals surface area contributed by atoms with Gasteiger partial charge in [-0.25, -0.2) is 4.98 Å². The van der Waals surface area contributed by atoms with E-state index in [-0.39, 0.29) is 4.91 Å². The Balaban J connectivity index is 1.80. The van der Waals surface area contributed by atoms with Gasteiger partial charge >= 0.3 is 0 Å². The first-order valence-corrected chi connectivity index (χ1v) is 7.66. The van der Waals surface area contributed by atoms with Crippen LogP contribution in [0.15, 0.2) is 46.1 Å². The van der Waals surface area contributed by atoms with Crippen molar-refractivity contribution in [3.05, 3.63) is 53.4 Å². The topological polar surface area (TPSA) is 85.1 Å². The lowest BCUT2D eigenvalue weighted by Gasteiger charge is -2.01. The van der Waals surface area contributed by atoms with Gasteiger partial charge in [-0.3, -0.25) is 19.9 Å². The molecule has 1 aliphatic rings. The number of nitrogens with one attached hydrogen (secondary N) is 1. The Hall–Kier alpha value is -3.00. The molecule has 0 aliphatic carbocycles. The van der Waals surface area contributed by atoms with E-state index in [0.29, 0.717) is 22.5 Å². The molecule has 8 heteroatoms. The van der Waals surface area contributed by atoms with Crippen LogP contribution in [0.25, 0.3) is 28.2 Å². The van der Waals surface area contributed by atoms with Crippen LogP contribution in [0.4, 0.5) is 9.18 Å². The third-order valence-electron chi connectivity index (χ3n) is 3.40. The summed E-state index contributed by atoms with van der Waals surface area (Å²) in [5.74, 6) is -0.606. The number of fused-ring (bicyclic) bond motifs is 1. The molecule has 0 spiro atoms. The summed E-state index contributed by atoms with van der Waals surface area (Å²) in [6.45, 7) is 0. The second kappa shape index (κ2) is 5.57. The molecule has 0 radical (unpaired) electrons. The molecule has 2 amide bonds. The molecule has 6 nitrogen and oxygen atoms in total. The van der Waals surface area contributed by atoms with Gasteiger partial charge in [0.15, 0.2) is 0 Å². The summed E-state index contributed by atoms with van der Waals surface area (Å²) in [7, 11) is 0. The van der Waals surface area contributed by atoms with Crippen LogP contribution in [0.5, 0.6) is 0 Å². The zero-order chi connectivity index (χ0) is 16.7. The molecule has 1 aliphatic heterocycles. The highest BCUT2D eigenvalue weighted by atomic mass is 32.2. The minimum absolute atomic E-state index is 0.261. The number of hydrogen-bond acceptors (Lipinski definition) is 6. The fourth-order valence-electron chi connectivity index (χ4n) is 2.34. The van der Waals surface area contributed by atoms with Gasteiger partial charge in [-0.05, 0) is 30.0 Å². The highest BCUT2D eigenvalue weighted by molar-refractivity contribution is 8.18. The summed E-state index contributed by atoms with van der Waals surface area (Å²) in [6, 6.07) is 4.55. The number of halogens is 1. The Morgan fingerprint density at radius 2 is 2.08 bits per heavy atom. The standard InChI is InChI=1S/C16H8FN3O3S/c17-13-2-1-8(6-19-13)11-7-18-5-9-3-10(23-14(9)11)4-12-15(21)20-16(22)24-12/h1-7H,(H,20,21,22)/b12-4-. The first-order valence-electron chi connectivity index (χ1n) is 6.84. The molecule has 1 fully saturated rings. The maximum Gasteiger partial charge on any atom is 0.290 e. The lowest BCUT2D eigenvalue weighted by atomic mass is 10.1. The number of aromatic nitrogens is 2. The van der Waals surface area contributed by atoms with E-state index in [1.807, 2.05) is 0 Å². The zero-order valence-corrected chi connectivity index (χ0v) is 12.8. The van der Waals surface area contributed by atoms with Crippen LogP contribution in [0, 0.1) is 5.95 Å². The van der Waals surface area contributed by atoms with Gasteiger partial charge in [-0.15, -0.1) is 0 Å². The molecule has 4 rings (SSSR count). The number of furan rings is 1. The zero-order valence-electron chi connectivity index (χ0n) is 11.9. The van der Waals surface area contributed by atoms with Crippen molar-refractivity contribution >= 4 is 40.0 Å². The van der Waals surface area contributed by atoms with Crippen molar-refractivity contribution in [2.24, 2.45) is 0 Å². The van der Waals surface area contributed by atoms with Crippen LogP contribution >= 0.6 is 11.8 Å². The van der Waals surface area contributed by atoms with E-state index >= 15 is 0 Å².